The lowest BCUT2D eigenvalue weighted by atomic mass is 10.1. The van der Waals surface area contributed by atoms with Crippen molar-refractivity contribution in [3.05, 3.63) is 90.0 Å². The van der Waals surface area contributed by atoms with Gasteiger partial charge in [0.25, 0.3) is 0 Å². The van der Waals surface area contributed by atoms with Gasteiger partial charge in [-0.05, 0) is 42.5 Å². The molecule has 1 atom stereocenters. The second-order valence-electron chi connectivity index (χ2n) is 7.36. The first-order valence-corrected chi connectivity index (χ1v) is 11.0. The van der Waals surface area contributed by atoms with Gasteiger partial charge in [-0.2, -0.15) is 0 Å². The molecule has 1 saturated heterocycles. The van der Waals surface area contributed by atoms with Crippen LogP contribution in [0.4, 0.5) is 11.4 Å². The number of carbonyl (C=O) groups excluding carboxylic acids is 4. The molecular formula is C25H20N2O5S. The lowest BCUT2D eigenvalue weighted by molar-refractivity contribution is -0.121. The van der Waals surface area contributed by atoms with E-state index in [1.807, 2.05) is 6.07 Å². The molecule has 0 bridgehead atoms. The first kappa shape index (κ1) is 22.3. The molecule has 1 fully saturated rings. The first-order valence-electron chi connectivity index (χ1n) is 10.2. The number of ether oxygens (including phenoxy) is 1. The number of ketones is 1. The molecular weight excluding hydrogens is 440 g/mol. The molecule has 8 heteroatoms. The van der Waals surface area contributed by atoms with Gasteiger partial charge >= 0.3 is 5.97 Å². The molecule has 166 valence electrons. The molecule has 7 nitrogen and oxygen atoms in total. The third-order valence-corrected chi connectivity index (χ3v) is 6.21. The minimum absolute atomic E-state index is 0.0731. The highest BCUT2D eigenvalue weighted by molar-refractivity contribution is 8.00. The van der Waals surface area contributed by atoms with Gasteiger partial charge in [0, 0.05) is 22.6 Å². The standard InChI is InChI=1S/C25H20N2O5S/c26-18-7-4-8-20(13-18)33-22-14-23(29)27(24(22)30)19-11-9-17(10-12-19)25(31)32-15-21(28)16-5-2-1-3-6-16/h1-13,22H,14-15,26H2. The maximum absolute atomic E-state index is 12.9. The zero-order valence-corrected chi connectivity index (χ0v) is 18.3. The number of esters is 1. The molecule has 33 heavy (non-hydrogen) atoms. The lowest BCUT2D eigenvalue weighted by Crippen LogP contribution is -2.31. The predicted octanol–water partition coefficient (Wildman–Crippen LogP) is 3.73. The molecule has 1 heterocycles. The van der Waals surface area contributed by atoms with Crippen molar-refractivity contribution in [2.75, 3.05) is 17.2 Å². The Morgan fingerprint density at radius 2 is 1.67 bits per heavy atom. The van der Waals surface area contributed by atoms with Crippen LogP contribution in [0, 0.1) is 0 Å². The summed E-state index contributed by atoms with van der Waals surface area (Å²) >= 11 is 1.29. The Labute approximate surface area is 194 Å². The highest BCUT2D eigenvalue weighted by atomic mass is 32.2. The van der Waals surface area contributed by atoms with Crippen LogP contribution in [0.3, 0.4) is 0 Å². The summed E-state index contributed by atoms with van der Waals surface area (Å²) < 4.78 is 5.10. The van der Waals surface area contributed by atoms with Gasteiger partial charge in [0.1, 0.15) is 0 Å². The third kappa shape index (κ3) is 5.12. The SMILES string of the molecule is Nc1cccc(SC2CC(=O)N(c3ccc(C(=O)OCC(=O)c4ccccc4)cc3)C2=O)c1. The minimum Gasteiger partial charge on any atom is -0.454 e. The summed E-state index contributed by atoms with van der Waals surface area (Å²) in [7, 11) is 0. The average molecular weight is 461 g/mol. The summed E-state index contributed by atoms with van der Waals surface area (Å²) in [5, 5.41) is -0.548. The number of anilines is 2. The van der Waals surface area contributed by atoms with Crippen LogP contribution < -0.4 is 10.6 Å². The van der Waals surface area contributed by atoms with Crippen molar-refractivity contribution < 1.29 is 23.9 Å². The number of Topliss-reactive ketones (excluding diaryl/α,β-unsaturated/α-hetero) is 1. The van der Waals surface area contributed by atoms with Crippen LogP contribution in [-0.4, -0.2) is 35.4 Å². The molecule has 0 spiro atoms. The monoisotopic (exact) mass is 460 g/mol. The maximum Gasteiger partial charge on any atom is 0.338 e. The Bertz CT molecular complexity index is 1210. The second-order valence-corrected chi connectivity index (χ2v) is 8.64. The molecule has 0 aliphatic carbocycles. The number of nitrogens with two attached hydrogens (primary N) is 1. The van der Waals surface area contributed by atoms with E-state index in [1.54, 1.807) is 48.5 Å². The molecule has 1 aliphatic rings. The Hall–Kier alpha value is -3.91. The van der Waals surface area contributed by atoms with E-state index in [0.717, 1.165) is 9.80 Å². The highest BCUT2D eigenvalue weighted by Gasteiger charge is 2.40. The quantitative estimate of drug-likeness (QED) is 0.248. The van der Waals surface area contributed by atoms with Crippen molar-refractivity contribution in [2.24, 2.45) is 0 Å². The number of imide groups is 1. The second kappa shape index (κ2) is 9.70. The molecule has 0 aromatic heterocycles. The molecule has 2 N–H and O–H groups in total. The van der Waals surface area contributed by atoms with E-state index in [2.05, 4.69) is 0 Å². The van der Waals surface area contributed by atoms with Crippen LogP contribution in [0.15, 0.2) is 83.8 Å². The largest absolute Gasteiger partial charge is 0.454 e. The van der Waals surface area contributed by atoms with Gasteiger partial charge in [-0.25, -0.2) is 9.69 Å². The van der Waals surface area contributed by atoms with Crippen LogP contribution in [-0.2, 0) is 14.3 Å². The van der Waals surface area contributed by atoms with Crippen molar-refractivity contribution in [1.82, 2.24) is 0 Å². The topological polar surface area (TPSA) is 107 Å². The summed E-state index contributed by atoms with van der Waals surface area (Å²) in [6.07, 6.45) is 0.0731. The molecule has 2 amide bonds. The van der Waals surface area contributed by atoms with E-state index >= 15 is 0 Å². The Morgan fingerprint density at radius 1 is 0.939 bits per heavy atom. The molecule has 4 rings (SSSR count). The fraction of sp³-hybridized carbons (Fsp3) is 0.120. The lowest BCUT2D eigenvalue weighted by Gasteiger charge is -2.15. The van der Waals surface area contributed by atoms with E-state index in [0.29, 0.717) is 16.9 Å². The number of carbonyl (C=O) groups is 4. The number of hydrogen-bond donors (Lipinski definition) is 1. The van der Waals surface area contributed by atoms with Crippen LogP contribution in [0.5, 0.6) is 0 Å². The maximum atomic E-state index is 12.9. The number of benzene rings is 3. The van der Waals surface area contributed by atoms with Gasteiger partial charge in [-0.3, -0.25) is 14.4 Å². The molecule has 3 aromatic rings. The third-order valence-electron chi connectivity index (χ3n) is 5.03. The smallest absolute Gasteiger partial charge is 0.338 e. The van der Waals surface area contributed by atoms with Gasteiger partial charge < -0.3 is 10.5 Å². The molecule has 1 unspecified atom stereocenters. The molecule has 1 aliphatic heterocycles. The normalized spacial score (nSPS) is 15.5. The number of amides is 2. The highest BCUT2D eigenvalue weighted by Crippen LogP contribution is 2.34. The number of rotatable bonds is 7. The van der Waals surface area contributed by atoms with Crippen molar-refractivity contribution in [3.63, 3.8) is 0 Å². The van der Waals surface area contributed by atoms with Gasteiger partial charge in [0.15, 0.2) is 12.4 Å². The van der Waals surface area contributed by atoms with Crippen LogP contribution in [0.2, 0.25) is 0 Å². The van der Waals surface area contributed by atoms with E-state index in [9.17, 15) is 19.2 Å². The Kier molecular flexibility index (Phi) is 6.55. The number of hydrogen-bond acceptors (Lipinski definition) is 7. The van der Waals surface area contributed by atoms with Gasteiger partial charge in [0.05, 0.1) is 16.5 Å². The zero-order valence-electron chi connectivity index (χ0n) is 17.5. The summed E-state index contributed by atoms with van der Waals surface area (Å²) in [5.41, 5.74) is 7.41. The van der Waals surface area contributed by atoms with Crippen LogP contribution >= 0.6 is 11.8 Å². The number of thioether (sulfide) groups is 1. The Balaban J connectivity index is 1.39. The van der Waals surface area contributed by atoms with E-state index in [1.165, 1.54) is 36.0 Å². The molecule has 0 saturated carbocycles. The Morgan fingerprint density at radius 3 is 2.36 bits per heavy atom. The predicted molar refractivity (Wildman–Crippen MR) is 125 cm³/mol. The minimum atomic E-state index is -0.667. The summed E-state index contributed by atoms with van der Waals surface area (Å²) in [5.74, 6) is -1.61. The zero-order chi connectivity index (χ0) is 23.4. The number of nitrogens with zero attached hydrogens (tertiary/aromatic N) is 1. The fourth-order valence-electron chi connectivity index (χ4n) is 3.39. The fourth-order valence-corrected chi connectivity index (χ4v) is 4.51. The van der Waals surface area contributed by atoms with Crippen LogP contribution in [0.25, 0.3) is 0 Å². The van der Waals surface area contributed by atoms with Gasteiger partial charge in [0.2, 0.25) is 11.8 Å². The molecule has 3 aromatic carbocycles. The van der Waals surface area contributed by atoms with E-state index in [4.69, 9.17) is 10.5 Å². The van der Waals surface area contributed by atoms with Crippen LogP contribution in [0.1, 0.15) is 27.1 Å². The van der Waals surface area contributed by atoms with E-state index in [-0.39, 0.29) is 36.2 Å². The summed E-state index contributed by atoms with van der Waals surface area (Å²) in [6.45, 7) is -0.378. The van der Waals surface area contributed by atoms with Crippen molar-refractivity contribution in [2.45, 2.75) is 16.6 Å². The summed E-state index contributed by atoms with van der Waals surface area (Å²) in [4.78, 5) is 51.7. The molecule has 0 radical (unpaired) electrons. The van der Waals surface area contributed by atoms with Crippen molar-refractivity contribution >= 4 is 46.7 Å². The van der Waals surface area contributed by atoms with E-state index < -0.39 is 11.2 Å². The van der Waals surface area contributed by atoms with Crippen molar-refractivity contribution in [3.8, 4) is 0 Å². The average Bonchev–Trinajstić information content (AvgIpc) is 3.10. The summed E-state index contributed by atoms with van der Waals surface area (Å²) in [6, 6.07) is 21.6. The van der Waals surface area contributed by atoms with Gasteiger partial charge in [-0.1, -0.05) is 36.4 Å². The first-order chi connectivity index (χ1) is 15.9. The number of nitrogen functional groups attached to an aromatic ring is 1. The van der Waals surface area contributed by atoms with Crippen molar-refractivity contribution in [1.29, 1.82) is 0 Å². The van der Waals surface area contributed by atoms with Gasteiger partial charge in [-0.15, -0.1) is 11.8 Å².